The molecule has 1 saturated carbocycles. The number of rotatable bonds is 1. The van der Waals surface area contributed by atoms with Gasteiger partial charge in [-0.05, 0) is 19.3 Å². The van der Waals surface area contributed by atoms with Crippen molar-refractivity contribution in [2.24, 2.45) is 0 Å². The minimum atomic E-state index is -1.66. The number of ether oxygens (including phenoxy) is 1. The van der Waals surface area contributed by atoms with Gasteiger partial charge in [-0.25, -0.2) is 4.79 Å². The molecule has 2 atom stereocenters. The number of carbonyl (C=O) groups excluding carboxylic acids is 1. The van der Waals surface area contributed by atoms with Gasteiger partial charge in [0.05, 0.1) is 13.2 Å². The first-order valence-electron chi connectivity index (χ1n) is 4.10. The van der Waals surface area contributed by atoms with E-state index in [1.54, 1.807) is 0 Å². The van der Waals surface area contributed by atoms with Gasteiger partial charge in [-0.3, -0.25) is 0 Å². The van der Waals surface area contributed by atoms with Gasteiger partial charge in [0.1, 0.15) is 0 Å². The molecule has 0 aliphatic heterocycles. The molecule has 0 aromatic rings. The maximum atomic E-state index is 11.1. The van der Waals surface area contributed by atoms with E-state index in [0.29, 0.717) is 12.8 Å². The van der Waals surface area contributed by atoms with Crippen LogP contribution in [0, 0.1) is 0 Å². The molecule has 1 aliphatic carbocycles. The Bertz CT molecular complexity index is 180. The SMILES string of the molecule is COC(=O)C1(O)CCCCC1O. The van der Waals surface area contributed by atoms with Crippen LogP contribution in [0.15, 0.2) is 0 Å². The third-order valence-electron chi connectivity index (χ3n) is 2.38. The van der Waals surface area contributed by atoms with E-state index in [-0.39, 0.29) is 0 Å². The highest BCUT2D eigenvalue weighted by molar-refractivity contribution is 5.80. The normalized spacial score (nSPS) is 36.1. The Morgan fingerprint density at radius 1 is 1.58 bits per heavy atom. The second-order valence-electron chi connectivity index (χ2n) is 3.18. The van der Waals surface area contributed by atoms with Crippen LogP contribution in [0.5, 0.6) is 0 Å². The van der Waals surface area contributed by atoms with Gasteiger partial charge in [0.15, 0.2) is 5.60 Å². The highest BCUT2D eigenvalue weighted by Gasteiger charge is 2.45. The van der Waals surface area contributed by atoms with Crippen molar-refractivity contribution in [2.45, 2.75) is 37.4 Å². The summed E-state index contributed by atoms with van der Waals surface area (Å²) in [6.07, 6.45) is 1.38. The van der Waals surface area contributed by atoms with Crippen molar-refractivity contribution in [2.75, 3.05) is 7.11 Å². The number of hydrogen-bond acceptors (Lipinski definition) is 4. The molecule has 0 radical (unpaired) electrons. The molecule has 4 nitrogen and oxygen atoms in total. The first-order valence-corrected chi connectivity index (χ1v) is 4.10. The molecule has 0 aromatic carbocycles. The first kappa shape index (κ1) is 9.48. The van der Waals surface area contributed by atoms with Gasteiger partial charge in [-0.2, -0.15) is 0 Å². The maximum absolute atomic E-state index is 11.1. The van der Waals surface area contributed by atoms with E-state index in [2.05, 4.69) is 4.74 Å². The molecule has 0 bridgehead atoms. The van der Waals surface area contributed by atoms with Gasteiger partial charge in [0.2, 0.25) is 0 Å². The summed E-state index contributed by atoms with van der Waals surface area (Å²) in [6.45, 7) is 0. The summed E-state index contributed by atoms with van der Waals surface area (Å²) in [6, 6.07) is 0. The van der Waals surface area contributed by atoms with Gasteiger partial charge < -0.3 is 14.9 Å². The highest BCUT2D eigenvalue weighted by atomic mass is 16.5. The van der Waals surface area contributed by atoms with Crippen molar-refractivity contribution in [1.82, 2.24) is 0 Å². The molecule has 0 aromatic heterocycles. The van der Waals surface area contributed by atoms with E-state index in [1.165, 1.54) is 7.11 Å². The molecule has 0 amide bonds. The predicted octanol–water partition coefficient (Wildman–Crippen LogP) is -0.175. The van der Waals surface area contributed by atoms with Crippen molar-refractivity contribution in [3.05, 3.63) is 0 Å². The summed E-state index contributed by atoms with van der Waals surface area (Å²) in [5.41, 5.74) is -1.66. The van der Waals surface area contributed by atoms with Crippen molar-refractivity contribution in [3.63, 3.8) is 0 Å². The molecule has 2 N–H and O–H groups in total. The van der Waals surface area contributed by atoms with Crippen LogP contribution in [-0.2, 0) is 9.53 Å². The van der Waals surface area contributed by atoms with E-state index in [4.69, 9.17) is 0 Å². The standard InChI is InChI=1S/C8H14O4/c1-12-7(10)8(11)5-3-2-4-6(8)9/h6,9,11H,2-5H2,1H3. The maximum Gasteiger partial charge on any atom is 0.340 e. The summed E-state index contributed by atoms with van der Waals surface area (Å²) in [7, 11) is 1.21. The first-order chi connectivity index (χ1) is 5.61. The lowest BCUT2D eigenvalue weighted by Crippen LogP contribution is -2.52. The minimum Gasteiger partial charge on any atom is -0.467 e. The van der Waals surface area contributed by atoms with Crippen LogP contribution < -0.4 is 0 Å². The van der Waals surface area contributed by atoms with E-state index >= 15 is 0 Å². The molecule has 0 spiro atoms. The lowest BCUT2D eigenvalue weighted by atomic mass is 9.82. The largest absolute Gasteiger partial charge is 0.467 e. The third-order valence-corrected chi connectivity index (χ3v) is 2.38. The van der Waals surface area contributed by atoms with Gasteiger partial charge in [0, 0.05) is 0 Å². The zero-order chi connectivity index (χ0) is 9.19. The topological polar surface area (TPSA) is 66.8 Å². The zero-order valence-corrected chi connectivity index (χ0v) is 7.12. The fourth-order valence-electron chi connectivity index (χ4n) is 1.55. The zero-order valence-electron chi connectivity index (χ0n) is 7.12. The number of methoxy groups -OCH3 is 1. The summed E-state index contributed by atoms with van der Waals surface area (Å²) >= 11 is 0. The Kier molecular flexibility index (Phi) is 2.69. The summed E-state index contributed by atoms with van der Waals surface area (Å²) in [5, 5.41) is 19.1. The van der Waals surface area contributed by atoms with E-state index in [1.807, 2.05) is 0 Å². The molecule has 1 aliphatic rings. The molecule has 2 unspecified atom stereocenters. The molecule has 0 heterocycles. The average Bonchev–Trinajstić information content (AvgIpc) is 2.09. The third kappa shape index (κ3) is 1.44. The van der Waals surface area contributed by atoms with Gasteiger partial charge >= 0.3 is 5.97 Å². The summed E-state index contributed by atoms with van der Waals surface area (Å²) < 4.78 is 4.41. The predicted molar refractivity (Wildman–Crippen MR) is 41.4 cm³/mol. The molecule has 70 valence electrons. The quantitative estimate of drug-likeness (QED) is 0.541. The second kappa shape index (κ2) is 3.41. The van der Waals surface area contributed by atoms with Gasteiger partial charge in [0.25, 0.3) is 0 Å². The number of carbonyl (C=O) groups is 1. The number of aliphatic hydroxyl groups excluding tert-OH is 1. The van der Waals surface area contributed by atoms with E-state index < -0.39 is 17.7 Å². The Balaban J connectivity index is 2.72. The van der Waals surface area contributed by atoms with Crippen LogP contribution in [0.2, 0.25) is 0 Å². The van der Waals surface area contributed by atoms with Crippen LogP contribution in [0.25, 0.3) is 0 Å². The van der Waals surface area contributed by atoms with Gasteiger partial charge in [-0.15, -0.1) is 0 Å². The van der Waals surface area contributed by atoms with Crippen LogP contribution in [0.3, 0.4) is 0 Å². The van der Waals surface area contributed by atoms with Crippen LogP contribution in [0.4, 0.5) is 0 Å². The Labute approximate surface area is 71.2 Å². The Morgan fingerprint density at radius 3 is 2.75 bits per heavy atom. The van der Waals surface area contributed by atoms with Gasteiger partial charge in [-0.1, -0.05) is 6.42 Å². The van der Waals surface area contributed by atoms with Crippen molar-refractivity contribution >= 4 is 5.97 Å². The molecule has 0 saturated heterocycles. The van der Waals surface area contributed by atoms with E-state index in [9.17, 15) is 15.0 Å². The summed E-state index contributed by atoms with van der Waals surface area (Å²) in [4.78, 5) is 11.1. The second-order valence-corrected chi connectivity index (χ2v) is 3.18. The number of esters is 1. The number of hydrogen-bond donors (Lipinski definition) is 2. The molecule has 1 fully saturated rings. The van der Waals surface area contributed by atoms with Crippen molar-refractivity contribution in [3.8, 4) is 0 Å². The van der Waals surface area contributed by atoms with Crippen LogP contribution >= 0.6 is 0 Å². The smallest absolute Gasteiger partial charge is 0.340 e. The molecular formula is C8H14O4. The summed E-state index contributed by atoms with van der Waals surface area (Å²) in [5.74, 6) is -0.727. The fraction of sp³-hybridized carbons (Fsp3) is 0.875. The van der Waals surface area contributed by atoms with Crippen molar-refractivity contribution in [1.29, 1.82) is 0 Å². The average molecular weight is 174 g/mol. The monoisotopic (exact) mass is 174 g/mol. The molecular weight excluding hydrogens is 160 g/mol. The lowest BCUT2D eigenvalue weighted by molar-refractivity contribution is -0.180. The molecule has 1 rings (SSSR count). The fourth-order valence-corrected chi connectivity index (χ4v) is 1.55. The van der Waals surface area contributed by atoms with Crippen LogP contribution in [0.1, 0.15) is 25.7 Å². The van der Waals surface area contributed by atoms with E-state index in [0.717, 1.165) is 12.8 Å². The molecule has 4 heteroatoms. The van der Waals surface area contributed by atoms with Crippen molar-refractivity contribution < 1.29 is 19.7 Å². The minimum absolute atomic E-state index is 0.292. The Morgan fingerprint density at radius 2 is 2.25 bits per heavy atom. The highest BCUT2D eigenvalue weighted by Crippen LogP contribution is 2.29. The molecule has 12 heavy (non-hydrogen) atoms. The lowest BCUT2D eigenvalue weighted by Gasteiger charge is -2.33. The Hall–Kier alpha value is -0.610. The number of aliphatic hydroxyl groups is 2. The van der Waals surface area contributed by atoms with Crippen LogP contribution in [-0.4, -0.2) is 35.0 Å².